The maximum absolute atomic E-state index is 5.59. The second-order valence-electron chi connectivity index (χ2n) is 4.21. The van der Waals surface area contributed by atoms with Gasteiger partial charge in [-0.2, -0.15) is 5.10 Å². The van der Waals surface area contributed by atoms with E-state index in [0.717, 1.165) is 11.3 Å². The molecule has 0 aliphatic rings. The molecule has 0 amide bonds. The van der Waals surface area contributed by atoms with Crippen LogP contribution in [0.25, 0.3) is 0 Å². The third-order valence-corrected chi connectivity index (χ3v) is 2.46. The lowest BCUT2D eigenvalue weighted by Gasteiger charge is -2.15. The van der Waals surface area contributed by atoms with Crippen molar-refractivity contribution < 1.29 is 4.74 Å². The fourth-order valence-electron chi connectivity index (χ4n) is 1.70. The minimum Gasteiger partial charge on any atom is -0.491 e. The van der Waals surface area contributed by atoms with Gasteiger partial charge in [0.15, 0.2) is 0 Å². The summed E-state index contributed by atoms with van der Waals surface area (Å²) in [6.07, 6.45) is 1.61. The van der Waals surface area contributed by atoms with Crippen LogP contribution in [0.4, 0.5) is 0 Å². The van der Waals surface area contributed by atoms with Crippen molar-refractivity contribution >= 4 is 0 Å². The summed E-state index contributed by atoms with van der Waals surface area (Å²) in [6.45, 7) is 3.99. The van der Waals surface area contributed by atoms with Crippen LogP contribution in [0.5, 0.6) is 5.75 Å². The molecule has 6 heteroatoms. The molecule has 0 aliphatic carbocycles. The summed E-state index contributed by atoms with van der Waals surface area (Å²) in [5.74, 6) is 7.06. The van der Waals surface area contributed by atoms with Crippen molar-refractivity contribution in [1.29, 1.82) is 0 Å². The average Bonchev–Trinajstić information content (AvgIpc) is 2.85. The Bertz CT molecular complexity index is 466. The van der Waals surface area contributed by atoms with Gasteiger partial charge in [0, 0.05) is 0 Å². The molecule has 96 valence electrons. The third-order valence-electron chi connectivity index (χ3n) is 2.46. The van der Waals surface area contributed by atoms with Crippen LogP contribution in [0.15, 0.2) is 30.6 Å². The standard InChI is InChI=1S/C12H17N5O/c1-8(2)18-10-5-3-9(4-6-10)11(16-13)12-14-7-15-17-12/h3-8,11,16H,13H2,1-2H3,(H,14,15,17). The van der Waals surface area contributed by atoms with Crippen molar-refractivity contribution in [2.45, 2.75) is 26.0 Å². The lowest BCUT2D eigenvalue weighted by Crippen LogP contribution is -2.29. The maximum atomic E-state index is 5.59. The van der Waals surface area contributed by atoms with Crippen molar-refractivity contribution in [3.8, 4) is 5.75 Å². The van der Waals surface area contributed by atoms with Crippen LogP contribution in [0.2, 0.25) is 0 Å². The number of nitrogens with one attached hydrogen (secondary N) is 2. The van der Waals surface area contributed by atoms with E-state index in [0.29, 0.717) is 5.82 Å². The van der Waals surface area contributed by atoms with E-state index in [9.17, 15) is 0 Å². The average molecular weight is 247 g/mol. The highest BCUT2D eigenvalue weighted by molar-refractivity contribution is 5.31. The summed E-state index contributed by atoms with van der Waals surface area (Å²) in [4.78, 5) is 4.09. The van der Waals surface area contributed by atoms with Gasteiger partial charge in [-0.1, -0.05) is 12.1 Å². The number of benzene rings is 1. The highest BCUT2D eigenvalue weighted by Gasteiger charge is 2.15. The molecule has 4 N–H and O–H groups in total. The Labute approximate surface area is 106 Å². The molecule has 0 radical (unpaired) electrons. The highest BCUT2D eigenvalue weighted by atomic mass is 16.5. The van der Waals surface area contributed by atoms with Gasteiger partial charge in [-0.15, -0.1) is 0 Å². The van der Waals surface area contributed by atoms with Crippen molar-refractivity contribution in [1.82, 2.24) is 20.6 Å². The Morgan fingerprint density at radius 1 is 1.28 bits per heavy atom. The van der Waals surface area contributed by atoms with Crippen LogP contribution in [0, 0.1) is 0 Å². The molecule has 0 saturated heterocycles. The third kappa shape index (κ3) is 2.85. The van der Waals surface area contributed by atoms with E-state index in [1.54, 1.807) is 0 Å². The van der Waals surface area contributed by atoms with Gasteiger partial charge < -0.3 is 4.74 Å². The zero-order valence-electron chi connectivity index (χ0n) is 10.4. The molecule has 18 heavy (non-hydrogen) atoms. The second-order valence-corrected chi connectivity index (χ2v) is 4.21. The molecule has 1 aromatic carbocycles. The minimum atomic E-state index is -0.208. The summed E-state index contributed by atoms with van der Waals surface area (Å²) in [5.41, 5.74) is 3.70. The van der Waals surface area contributed by atoms with Gasteiger partial charge in [-0.25, -0.2) is 10.4 Å². The molecule has 0 aliphatic heterocycles. The van der Waals surface area contributed by atoms with E-state index in [-0.39, 0.29) is 12.1 Å². The SMILES string of the molecule is CC(C)Oc1ccc(C(NN)c2ncn[nH]2)cc1. The Hall–Kier alpha value is -1.92. The number of nitrogens with zero attached hydrogens (tertiary/aromatic N) is 2. The first kappa shape index (κ1) is 12.5. The lowest BCUT2D eigenvalue weighted by molar-refractivity contribution is 0.242. The van der Waals surface area contributed by atoms with E-state index in [4.69, 9.17) is 10.6 Å². The van der Waals surface area contributed by atoms with Crippen molar-refractivity contribution in [2.24, 2.45) is 5.84 Å². The van der Waals surface area contributed by atoms with Gasteiger partial charge in [0.1, 0.15) is 23.9 Å². The Morgan fingerprint density at radius 2 is 2.00 bits per heavy atom. The normalized spacial score (nSPS) is 12.7. The maximum Gasteiger partial charge on any atom is 0.147 e. The number of hydrogen-bond donors (Lipinski definition) is 3. The molecule has 0 saturated carbocycles. The summed E-state index contributed by atoms with van der Waals surface area (Å²) in [7, 11) is 0. The Balaban J connectivity index is 2.17. The molecule has 2 rings (SSSR count). The quantitative estimate of drug-likeness (QED) is 0.544. The first-order valence-corrected chi connectivity index (χ1v) is 5.78. The number of ether oxygens (including phenoxy) is 1. The van der Waals surface area contributed by atoms with Crippen LogP contribution >= 0.6 is 0 Å². The fourth-order valence-corrected chi connectivity index (χ4v) is 1.70. The van der Waals surface area contributed by atoms with Crippen LogP contribution in [-0.4, -0.2) is 21.3 Å². The number of H-pyrrole nitrogens is 1. The zero-order chi connectivity index (χ0) is 13.0. The molecular formula is C12H17N5O. The number of hydrazine groups is 1. The monoisotopic (exact) mass is 247 g/mol. The predicted octanol–water partition coefficient (Wildman–Crippen LogP) is 1.14. The molecule has 0 bridgehead atoms. The molecule has 2 aromatic rings. The van der Waals surface area contributed by atoms with Crippen molar-refractivity contribution in [2.75, 3.05) is 0 Å². The Kier molecular flexibility index (Phi) is 3.91. The van der Waals surface area contributed by atoms with E-state index in [1.807, 2.05) is 38.1 Å². The topological polar surface area (TPSA) is 88.8 Å². The molecule has 1 atom stereocenters. The van der Waals surface area contributed by atoms with Gasteiger partial charge in [0.2, 0.25) is 0 Å². The smallest absolute Gasteiger partial charge is 0.147 e. The number of nitrogens with two attached hydrogens (primary N) is 1. The number of rotatable bonds is 5. The molecular weight excluding hydrogens is 230 g/mol. The number of aromatic nitrogens is 3. The largest absolute Gasteiger partial charge is 0.491 e. The van der Waals surface area contributed by atoms with Gasteiger partial charge in [0.25, 0.3) is 0 Å². The molecule has 1 unspecified atom stereocenters. The summed E-state index contributed by atoms with van der Waals surface area (Å²) >= 11 is 0. The summed E-state index contributed by atoms with van der Waals surface area (Å²) < 4.78 is 5.59. The van der Waals surface area contributed by atoms with Gasteiger partial charge >= 0.3 is 0 Å². The highest BCUT2D eigenvalue weighted by Crippen LogP contribution is 2.21. The molecule has 1 heterocycles. The molecule has 0 fully saturated rings. The van der Waals surface area contributed by atoms with Crippen molar-refractivity contribution in [3.05, 3.63) is 42.0 Å². The molecule has 0 spiro atoms. The van der Waals surface area contributed by atoms with E-state index < -0.39 is 0 Å². The minimum absolute atomic E-state index is 0.161. The van der Waals surface area contributed by atoms with E-state index in [1.165, 1.54) is 6.33 Å². The van der Waals surface area contributed by atoms with Gasteiger partial charge in [-0.3, -0.25) is 10.9 Å². The lowest BCUT2D eigenvalue weighted by atomic mass is 10.1. The number of aromatic amines is 1. The van der Waals surface area contributed by atoms with Gasteiger partial charge in [-0.05, 0) is 31.5 Å². The van der Waals surface area contributed by atoms with E-state index >= 15 is 0 Å². The number of hydrogen-bond acceptors (Lipinski definition) is 5. The second kappa shape index (κ2) is 5.61. The molecule has 6 nitrogen and oxygen atoms in total. The molecule has 1 aromatic heterocycles. The first-order chi connectivity index (χ1) is 8.70. The van der Waals surface area contributed by atoms with E-state index in [2.05, 4.69) is 20.6 Å². The van der Waals surface area contributed by atoms with Crippen LogP contribution in [-0.2, 0) is 0 Å². The summed E-state index contributed by atoms with van der Waals surface area (Å²) in [6, 6.07) is 7.52. The zero-order valence-corrected chi connectivity index (χ0v) is 10.4. The first-order valence-electron chi connectivity index (χ1n) is 5.78. The van der Waals surface area contributed by atoms with Crippen LogP contribution in [0.3, 0.4) is 0 Å². The van der Waals surface area contributed by atoms with Crippen LogP contribution in [0.1, 0.15) is 31.3 Å². The van der Waals surface area contributed by atoms with Crippen LogP contribution < -0.4 is 16.0 Å². The predicted molar refractivity (Wildman–Crippen MR) is 67.8 cm³/mol. The van der Waals surface area contributed by atoms with Gasteiger partial charge in [0.05, 0.1) is 6.10 Å². The van der Waals surface area contributed by atoms with Crippen molar-refractivity contribution in [3.63, 3.8) is 0 Å². The Morgan fingerprint density at radius 3 is 2.50 bits per heavy atom. The summed E-state index contributed by atoms with van der Waals surface area (Å²) in [5, 5.41) is 6.62. The fraction of sp³-hybridized carbons (Fsp3) is 0.333.